The van der Waals surface area contributed by atoms with Crippen LogP contribution in [0, 0.1) is 0 Å². The van der Waals surface area contributed by atoms with Crippen LogP contribution >= 0.6 is 0 Å². The molecule has 2 N–H and O–H groups in total. The Balaban J connectivity index is 2.32. The van der Waals surface area contributed by atoms with Crippen molar-refractivity contribution < 1.29 is 9.59 Å². The molecule has 4 nitrogen and oxygen atoms in total. The maximum absolute atomic E-state index is 11.7. The Bertz CT molecular complexity index is 430. The van der Waals surface area contributed by atoms with Crippen LogP contribution in [0.1, 0.15) is 25.3 Å². The number of imide groups is 1. The normalized spacial score (nSPS) is 26.1. The van der Waals surface area contributed by atoms with Gasteiger partial charge < -0.3 is 5.32 Å². The van der Waals surface area contributed by atoms with Gasteiger partial charge >= 0.3 is 6.03 Å². The number of amides is 3. The first-order valence-corrected chi connectivity index (χ1v) is 5.22. The van der Waals surface area contributed by atoms with Crippen molar-refractivity contribution in [1.29, 1.82) is 0 Å². The molecule has 1 heterocycles. The molecular formula is C12H14N2O2. The Hall–Kier alpha value is -1.84. The van der Waals surface area contributed by atoms with E-state index >= 15 is 0 Å². The predicted molar refractivity (Wildman–Crippen MR) is 59.9 cm³/mol. The third-order valence-corrected chi connectivity index (χ3v) is 3.24. The maximum atomic E-state index is 11.7. The van der Waals surface area contributed by atoms with E-state index < -0.39 is 11.6 Å². The van der Waals surface area contributed by atoms with Crippen molar-refractivity contribution in [2.75, 3.05) is 0 Å². The van der Waals surface area contributed by atoms with E-state index in [1.807, 2.05) is 37.3 Å². The van der Waals surface area contributed by atoms with Crippen LogP contribution in [0.15, 0.2) is 30.3 Å². The number of carbonyl (C=O) groups excluding carboxylic acids is 2. The maximum Gasteiger partial charge on any atom is 0.322 e. The summed E-state index contributed by atoms with van der Waals surface area (Å²) in [4.78, 5) is 22.9. The number of nitrogens with one attached hydrogen (secondary N) is 2. The van der Waals surface area contributed by atoms with Gasteiger partial charge in [-0.05, 0) is 12.5 Å². The number of carbonyl (C=O) groups is 2. The van der Waals surface area contributed by atoms with Crippen molar-refractivity contribution in [3.8, 4) is 0 Å². The molecule has 0 radical (unpaired) electrons. The molecule has 1 aliphatic heterocycles. The summed E-state index contributed by atoms with van der Waals surface area (Å²) in [5.41, 5.74) is 0.167. The quantitative estimate of drug-likeness (QED) is 0.737. The lowest BCUT2D eigenvalue weighted by atomic mass is 9.82. The van der Waals surface area contributed by atoms with Crippen LogP contribution < -0.4 is 10.6 Å². The Kier molecular flexibility index (Phi) is 2.42. The second-order valence-electron chi connectivity index (χ2n) is 4.24. The lowest BCUT2D eigenvalue weighted by Crippen LogP contribution is -2.48. The smallest absolute Gasteiger partial charge is 0.322 e. The molecule has 0 bridgehead atoms. The minimum Gasteiger partial charge on any atom is -0.323 e. The van der Waals surface area contributed by atoms with Crippen LogP contribution in [0.5, 0.6) is 0 Å². The van der Waals surface area contributed by atoms with Gasteiger partial charge in [-0.15, -0.1) is 0 Å². The molecule has 2 unspecified atom stereocenters. The van der Waals surface area contributed by atoms with Gasteiger partial charge in [-0.3, -0.25) is 10.1 Å². The zero-order valence-electron chi connectivity index (χ0n) is 9.28. The lowest BCUT2D eigenvalue weighted by molar-refractivity contribution is -0.124. The summed E-state index contributed by atoms with van der Waals surface area (Å²) in [6.45, 7) is 3.67. The standard InChI is InChI=1S/C12H14N2O2/c1-8(9-6-4-3-5-7-9)12(2)10(15)13-11(16)14-12/h3-8H,1-2H3,(H2,13,14,15,16). The first kappa shape index (κ1) is 10.7. The van der Waals surface area contributed by atoms with Gasteiger partial charge in [0.25, 0.3) is 5.91 Å². The van der Waals surface area contributed by atoms with Crippen LogP contribution in [0.4, 0.5) is 4.79 Å². The summed E-state index contributed by atoms with van der Waals surface area (Å²) in [6, 6.07) is 9.25. The molecule has 1 fully saturated rings. The van der Waals surface area contributed by atoms with E-state index in [2.05, 4.69) is 10.6 Å². The number of hydrogen-bond acceptors (Lipinski definition) is 2. The van der Waals surface area contributed by atoms with Crippen molar-refractivity contribution in [2.45, 2.75) is 25.3 Å². The summed E-state index contributed by atoms with van der Waals surface area (Å²) in [6.07, 6.45) is 0. The van der Waals surface area contributed by atoms with Crippen molar-refractivity contribution in [3.05, 3.63) is 35.9 Å². The van der Waals surface area contributed by atoms with Gasteiger partial charge in [0.15, 0.2) is 0 Å². The Labute approximate surface area is 94.0 Å². The van der Waals surface area contributed by atoms with E-state index in [1.165, 1.54) is 0 Å². The molecule has 84 valence electrons. The predicted octanol–water partition coefficient (Wildman–Crippen LogP) is 1.39. The second kappa shape index (κ2) is 3.63. The highest BCUT2D eigenvalue weighted by atomic mass is 16.2. The average molecular weight is 218 g/mol. The molecule has 0 spiro atoms. The van der Waals surface area contributed by atoms with Crippen molar-refractivity contribution in [3.63, 3.8) is 0 Å². The van der Waals surface area contributed by atoms with E-state index in [-0.39, 0.29) is 11.8 Å². The first-order valence-electron chi connectivity index (χ1n) is 5.22. The highest BCUT2D eigenvalue weighted by Crippen LogP contribution is 2.29. The van der Waals surface area contributed by atoms with Gasteiger partial charge in [0.05, 0.1) is 0 Å². The minimum atomic E-state index is -0.863. The third kappa shape index (κ3) is 1.56. The highest BCUT2D eigenvalue weighted by Gasteiger charge is 2.46. The topological polar surface area (TPSA) is 58.2 Å². The van der Waals surface area contributed by atoms with Gasteiger partial charge in [-0.1, -0.05) is 37.3 Å². The molecule has 16 heavy (non-hydrogen) atoms. The molecule has 1 aliphatic rings. The van der Waals surface area contributed by atoms with Gasteiger partial charge in [-0.2, -0.15) is 0 Å². The van der Waals surface area contributed by atoms with E-state index in [0.29, 0.717) is 0 Å². The average Bonchev–Trinajstić information content (AvgIpc) is 2.54. The fourth-order valence-corrected chi connectivity index (χ4v) is 1.94. The SMILES string of the molecule is CC(c1ccccc1)C1(C)NC(=O)NC1=O. The fourth-order valence-electron chi connectivity index (χ4n) is 1.94. The molecule has 4 heteroatoms. The van der Waals surface area contributed by atoms with Crippen LogP contribution in [-0.2, 0) is 4.79 Å². The lowest BCUT2D eigenvalue weighted by Gasteiger charge is -2.28. The summed E-state index contributed by atoms with van der Waals surface area (Å²) in [5, 5.41) is 4.95. The van der Waals surface area contributed by atoms with Gasteiger partial charge in [-0.25, -0.2) is 4.79 Å². The molecule has 1 aromatic carbocycles. The number of urea groups is 1. The molecule has 2 atom stereocenters. The molecule has 0 aliphatic carbocycles. The Morgan fingerprint density at radius 3 is 2.31 bits per heavy atom. The van der Waals surface area contributed by atoms with E-state index in [4.69, 9.17) is 0 Å². The van der Waals surface area contributed by atoms with Gasteiger partial charge in [0.1, 0.15) is 5.54 Å². The monoisotopic (exact) mass is 218 g/mol. The Morgan fingerprint density at radius 2 is 1.81 bits per heavy atom. The van der Waals surface area contributed by atoms with Crippen LogP contribution in [-0.4, -0.2) is 17.5 Å². The minimum absolute atomic E-state index is 0.0693. The zero-order valence-corrected chi connectivity index (χ0v) is 9.28. The number of benzene rings is 1. The van der Waals surface area contributed by atoms with Crippen LogP contribution in [0.25, 0.3) is 0 Å². The second-order valence-corrected chi connectivity index (χ2v) is 4.24. The summed E-state index contributed by atoms with van der Waals surface area (Å²) in [7, 11) is 0. The summed E-state index contributed by atoms with van der Waals surface area (Å²) < 4.78 is 0. The molecule has 1 aromatic rings. The van der Waals surface area contributed by atoms with E-state index in [9.17, 15) is 9.59 Å². The fraction of sp³-hybridized carbons (Fsp3) is 0.333. The third-order valence-electron chi connectivity index (χ3n) is 3.24. The number of hydrogen-bond donors (Lipinski definition) is 2. The molecule has 1 saturated heterocycles. The van der Waals surface area contributed by atoms with Crippen molar-refractivity contribution >= 4 is 11.9 Å². The molecular weight excluding hydrogens is 204 g/mol. The van der Waals surface area contributed by atoms with E-state index in [0.717, 1.165) is 5.56 Å². The van der Waals surface area contributed by atoms with Crippen molar-refractivity contribution in [1.82, 2.24) is 10.6 Å². The zero-order chi connectivity index (χ0) is 11.8. The summed E-state index contributed by atoms with van der Waals surface area (Å²) in [5.74, 6) is -0.339. The Morgan fingerprint density at radius 1 is 1.19 bits per heavy atom. The van der Waals surface area contributed by atoms with Gasteiger partial charge in [0.2, 0.25) is 0 Å². The summed E-state index contributed by atoms with van der Waals surface area (Å²) >= 11 is 0. The molecule has 3 amide bonds. The highest BCUT2D eigenvalue weighted by molar-refractivity contribution is 6.07. The van der Waals surface area contributed by atoms with Crippen molar-refractivity contribution in [2.24, 2.45) is 0 Å². The van der Waals surface area contributed by atoms with E-state index in [1.54, 1.807) is 6.92 Å². The number of rotatable bonds is 2. The van der Waals surface area contributed by atoms with Crippen LogP contribution in [0.3, 0.4) is 0 Å². The van der Waals surface area contributed by atoms with Crippen LogP contribution in [0.2, 0.25) is 0 Å². The molecule has 0 saturated carbocycles. The molecule has 0 aromatic heterocycles. The molecule has 2 rings (SSSR count). The van der Waals surface area contributed by atoms with Gasteiger partial charge in [0, 0.05) is 5.92 Å². The first-order chi connectivity index (χ1) is 7.54. The largest absolute Gasteiger partial charge is 0.323 e.